The third-order valence-corrected chi connectivity index (χ3v) is 7.76. The molecule has 1 aromatic heterocycles. The number of thioether (sulfide) groups is 1. The van der Waals surface area contributed by atoms with Crippen LogP contribution in [0.5, 0.6) is 0 Å². The molecule has 0 bridgehead atoms. The Bertz CT molecular complexity index is 869. The minimum atomic E-state index is -0.878. The van der Waals surface area contributed by atoms with E-state index in [0.29, 0.717) is 24.0 Å². The number of anilines is 1. The monoisotopic (exact) mass is 467 g/mol. The number of carbonyl (C=O) groups is 2. The summed E-state index contributed by atoms with van der Waals surface area (Å²) in [6.45, 7) is 2.84. The second-order valence-electron chi connectivity index (χ2n) is 7.55. The normalized spacial score (nSPS) is 18.7. The third kappa shape index (κ3) is 6.62. The van der Waals surface area contributed by atoms with E-state index in [2.05, 4.69) is 17.2 Å². The van der Waals surface area contributed by atoms with Crippen LogP contribution in [0.1, 0.15) is 38.2 Å². The predicted molar refractivity (Wildman–Crippen MR) is 123 cm³/mol. The fourth-order valence-corrected chi connectivity index (χ4v) is 5.44. The molecule has 30 heavy (non-hydrogen) atoms. The van der Waals surface area contributed by atoms with E-state index in [1.807, 2.05) is 29.2 Å². The fraction of sp³-hybridized carbons (Fsp3) is 0.476. The summed E-state index contributed by atoms with van der Waals surface area (Å²) in [5, 5.41) is 12.9. The number of benzene rings is 1. The van der Waals surface area contributed by atoms with Gasteiger partial charge in [-0.25, -0.2) is 9.78 Å². The van der Waals surface area contributed by atoms with Crippen LogP contribution in [0.2, 0.25) is 5.02 Å². The van der Waals surface area contributed by atoms with Crippen molar-refractivity contribution >= 4 is 51.8 Å². The molecule has 0 atom stereocenters. The van der Waals surface area contributed by atoms with Gasteiger partial charge < -0.3 is 10.0 Å². The van der Waals surface area contributed by atoms with Crippen LogP contribution in [-0.4, -0.2) is 45.3 Å². The van der Waals surface area contributed by atoms with E-state index in [1.165, 1.54) is 23.1 Å². The summed E-state index contributed by atoms with van der Waals surface area (Å²) in [5.74, 6) is -0.210. The van der Waals surface area contributed by atoms with Gasteiger partial charge >= 0.3 is 12.0 Å². The number of urea groups is 1. The van der Waals surface area contributed by atoms with E-state index in [9.17, 15) is 9.59 Å². The number of nitrogens with zero attached hydrogens (tertiary/aromatic N) is 2. The van der Waals surface area contributed by atoms with Crippen LogP contribution < -0.4 is 5.32 Å². The number of carboxylic acids is 1. The quantitative estimate of drug-likeness (QED) is 0.491. The highest BCUT2D eigenvalue weighted by molar-refractivity contribution is 8.01. The lowest BCUT2D eigenvalue weighted by molar-refractivity contribution is -0.133. The molecule has 1 saturated carbocycles. The van der Waals surface area contributed by atoms with Crippen molar-refractivity contribution in [3.8, 4) is 0 Å². The van der Waals surface area contributed by atoms with Crippen LogP contribution in [0.25, 0.3) is 0 Å². The van der Waals surface area contributed by atoms with Gasteiger partial charge in [-0.3, -0.25) is 10.1 Å². The number of hydrogen-bond donors (Lipinski definition) is 2. The van der Waals surface area contributed by atoms with Crippen LogP contribution in [0.15, 0.2) is 34.7 Å². The number of aliphatic carboxylic acids is 1. The molecule has 0 saturated heterocycles. The van der Waals surface area contributed by atoms with Gasteiger partial charge in [-0.15, -0.1) is 11.8 Å². The lowest BCUT2D eigenvalue weighted by Gasteiger charge is -2.36. The molecular weight excluding hydrogens is 442 g/mol. The minimum absolute atomic E-state index is 0.0280. The van der Waals surface area contributed by atoms with Crippen LogP contribution in [0.4, 0.5) is 9.93 Å². The van der Waals surface area contributed by atoms with Crippen molar-refractivity contribution in [2.24, 2.45) is 5.92 Å². The molecule has 162 valence electrons. The Hall–Kier alpha value is -1.77. The summed E-state index contributed by atoms with van der Waals surface area (Å²) >= 11 is 8.80. The second-order valence-corrected chi connectivity index (χ2v) is 10.3. The van der Waals surface area contributed by atoms with E-state index in [1.54, 1.807) is 6.20 Å². The molecule has 0 spiro atoms. The Morgan fingerprint density at radius 2 is 2.03 bits per heavy atom. The largest absolute Gasteiger partial charge is 0.481 e. The highest BCUT2D eigenvalue weighted by atomic mass is 35.5. The molecule has 2 N–H and O–H groups in total. The Balaban J connectivity index is 1.66. The van der Waals surface area contributed by atoms with Gasteiger partial charge in [0.15, 0.2) is 5.13 Å². The van der Waals surface area contributed by atoms with Crippen LogP contribution in [0, 0.1) is 5.92 Å². The van der Waals surface area contributed by atoms with Gasteiger partial charge in [0.05, 0.1) is 16.2 Å². The Labute approximate surface area is 190 Å². The van der Waals surface area contributed by atoms with Crippen molar-refractivity contribution in [2.75, 3.05) is 17.6 Å². The van der Waals surface area contributed by atoms with Crippen LogP contribution >= 0.6 is 34.7 Å². The zero-order valence-corrected chi connectivity index (χ0v) is 19.2. The molecule has 1 aliphatic carbocycles. The van der Waals surface area contributed by atoms with Crippen LogP contribution in [0.3, 0.4) is 0 Å². The zero-order chi connectivity index (χ0) is 21.5. The summed E-state index contributed by atoms with van der Waals surface area (Å²) in [6.07, 6.45) is 6.52. The number of aromatic nitrogens is 1. The topological polar surface area (TPSA) is 82.5 Å². The van der Waals surface area contributed by atoms with Gasteiger partial charge in [0.1, 0.15) is 0 Å². The highest BCUT2D eigenvalue weighted by Gasteiger charge is 2.28. The number of halogens is 1. The molecule has 9 heteroatoms. The molecule has 1 heterocycles. The number of carbonyl (C=O) groups excluding carboxylic acids is 1. The number of amides is 2. The Morgan fingerprint density at radius 3 is 2.73 bits per heavy atom. The van der Waals surface area contributed by atoms with E-state index in [4.69, 9.17) is 16.7 Å². The van der Waals surface area contributed by atoms with E-state index in [0.717, 1.165) is 40.5 Å². The maximum atomic E-state index is 13.1. The Morgan fingerprint density at radius 1 is 1.30 bits per heavy atom. The minimum Gasteiger partial charge on any atom is -0.481 e. The molecule has 2 aromatic rings. The summed E-state index contributed by atoms with van der Waals surface area (Å²) in [4.78, 5) is 30.0. The van der Waals surface area contributed by atoms with Gasteiger partial charge in [0.2, 0.25) is 0 Å². The number of nitrogens with one attached hydrogen (secondary N) is 1. The molecule has 0 radical (unpaired) electrons. The lowest BCUT2D eigenvalue weighted by Crippen LogP contribution is -2.45. The SMILES string of the molecule is C[C@H]1CC[C@H](N(CCc2ccccc2Cl)C(=O)Nc2ncc(SCC(=O)O)s2)CC1. The van der Waals surface area contributed by atoms with E-state index < -0.39 is 5.97 Å². The molecule has 0 unspecified atom stereocenters. The summed E-state index contributed by atoms with van der Waals surface area (Å²) < 4.78 is 0.766. The number of rotatable bonds is 8. The van der Waals surface area contributed by atoms with E-state index >= 15 is 0 Å². The van der Waals surface area contributed by atoms with Crippen LogP contribution in [-0.2, 0) is 11.2 Å². The van der Waals surface area contributed by atoms with Crippen molar-refractivity contribution in [3.63, 3.8) is 0 Å². The van der Waals surface area contributed by atoms with Crippen molar-refractivity contribution in [3.05, 3.63) is 41.0 Å². The number of thiazole rings is 1. The van der Waals surface area contributed by atoms with Crippen molar-refractivity contribution in [1.29, 1.82) is 0 Å². The molecule has 2 amide bonds. The smallest absolute Gasteiger partial charge is 0.323 e. The number of hydrogen-bond acceptors (Lipinski definition) is 5. The van der Waals surface area contributed by atoms with Gasteiger partial charge in [-0.2, -0.15) is 0 Å². The zero-order valence-electron chi connectivity index (χ0n) is 16.8. The molecule has 1 fully saturated rings. The maximum Gasteiger partial charge on any atom is 0.323 e. The first-order chi connectivity index (χ1) is 14.4. The number of carboxylic acid groups (broad SMARTS) is 1. The lowest BCUT2D eigenvalue weighted by atomic mass is 9.86. The summed E-state index contributed by atoms with van der Waals surface area (Å²) in [6, 6.07) is 7.76. The van der Waals surface area contributed by atoms with Gasteiger partial charge in [0, 0.05) is 17.6 Å². The predicted octanol–water partition coefficient (Wildman–Crippen LogP) is 5.63. The molecule has 1 aromatic carbocycles. The van der Waals surface area contributed by atoms with Gasteiger partial charge in [0.25, 0.3) is 0 Å². The average molecular weight is 468 g/mol. The van der Waals surface area contributed by atoms with Gasteiger partial charge in [-0.1, -0.05) is 48.1 Å². The first-order valence-electron chi connectivity index (χ1n) is 10.0. The average Bonchev–Trinajstić information content (AvgIpc) is 3.16. The fourth-order valence-electron chi connectivity index (χ4n) is 3.63. The molecule has 6 nitrogen and oxygen atoms in total. The standard InChI is InChI=1S/C21H26ClN3O3S2/c1-14-6-8-16(9-7-14)25(11-10-15-4-2-3-5-17(15)22)21(28)24-20-23-12-19(30-20)29-13-18(26)27/h2-5,12,14,16H,6-11,13H2,1H3,(H,26,27)(H,23,24,28)/t14-,16-. The van der Waals surface area contributed by atoms with Crippen molar-refractivity contribution in [2.45, 2.75) is 49.3 Å². The highest BCUT2D eigenvalue weighted by Crippen LogP contribution is 2.30. The first-order valence-corrected chi connectivity index (χ1v) is 12.2. The van der Waals surface area contributed by atoms with E-state index in [-0.39, 0.29) is 17.8 Å². The maximum absolute atomic E-state index is 13.1. The van der Waals surface area contributed by atoms with Crippen molar-refractivity contribution in [1.82, 2.24) is 9.88 Å². The Kier molecular flexibility index (Phi) is 8.41. The molecule has 1 aliphatic rings. The van der Waals surface area contributed by atoms with Gasteiger partial charge in [-0.05, 0) is 49.7 Å². The summed E-state index contributed by atoms with van der Waals surface area (Å²) in [5.41, 5.74) is 1.03. The molecular formula is C21H26ClN3O3S2. The molecule has 0 aliphatic heterocycles. The summed E-state index contributed by atoms with van der Waals surface area (Å²) in [7, 11) is 0. The molecule has 3 rings (SSSR count). The third-order valence-electron chi connectivity index (χ3n) is 5.30. The first kappa shape index (κ1) is 22.9. The van der Waals surface area contributed by atoms with Crippen molar-refractivity contribution < 1.29 is 14.7 Å². The second kappa shape index (κ2) is 11.0.